The van der Waals surface area contributed by atoms with Crippen LogP contribution < -0.4 is 10.6 Å². The third-order valence-corrected chi connectivity index (χ3v) is 9.10. The summed E-state index contributed by atoms with van der Waals surface area (Å²) < 4.78 is 5.68. The monoisotopic (exact) mass is 577 g/mol. The number of amides is 2. The molecular formula is C33H35N7O3. The van der Waals surface area contributed by atoms with E-state index >= 15 is 0 Å². The van der Waals surface area contributed by atoms with Gasteiger partial charge in [0.15, 0.2) is 0 Å². The first kappa shape index (κ1) is 27.4. The number of rotatable bonds is 8. The second kappa shape index (κ2) is 11.3. The summed E-state index contributed by atoms with van der Waals surface area (Å²) in [5.41, 5.74) is 6.13. The molecule has 10 heteroatoms. The minimum Gasteiger partial charge on any atom is -0.381 e. The van der Waals surface area contributed by atoms with Crippen molar-refractivity contribution in [2.24, 2.45) is 5.92 Å². The van der Waals surface area contributed by atoms with Crippen molar-refractivity contribution in [3.8, 4) is 11.3 Å². The lowest BCUT2D eigenvalue weighted by atomic mass is 9.91. The molecule has 43 heavy (non-hydrogen) atoms. The number of carbonyl (C=O) groups excluding carboxylic acids is 2. The van der Waals surface area contributed by atoms with Gasteiger partial charge in [0.25, 0.3) is 5.91 Å². The number of piperidine rings is 1. The molecule has 2 saturated heterocycles. The zero-order chi connectivity index (χ0) is 29.4. The normalized spacial score (nSPS) is 23.3. The molecule has 1 saturated carbocycles. The average molecular weight is 578 g/mol. The third kappa shape index (κ3) is 5.55. The maximum Gasteiger partial charge on any atom is 0.274 e. The van der Waals surface area contributed by atoms with Crippen molar-refractivity contribution in [1.29, 1.82) is 0 Å². The van der Waals surface area contributed by atoms with Crippen LogP contribution in [0.3, 0.4) is 0 Å². The number of ether oxygens (including phenoxy) is 1. The molecule has 3 aromatic heterocycles. The summed E-state index contributed by atoms with van der Waals surface area (Å²) in [5, 5.41) is 7.05. The zero-order valence-corrected chi connectivity index (χ0v) is 24.0. The Balaban J connectivity index is 1.01. The molecular weight excluding hydrogens is 542 g/mol. The largest absolute Gasteiger partial charge is 0.381 e. The number of aromatic nitrogens is 4. The number of aromatic amines is 1. The number of fused-ring (bicyclic) bond motifs is 2. The summed E-state index contributed by atoms with van der Waals surface area (Å²) in [6.45, 7) is 7.51. The van der Waals surface area contributed by atoms with Gasteiger partial charge in [0.2, 0.25) is 5.91 Å². The van der Waals surface area contributed by atoms with Crippen LogP contribution >= 0.6 is 0 Å². The van der Waals surface area contributed by atoms with Crippen LogP contribution in [0.4, 0.5) is 5.69 Å². The minimum absolute atomic E-state index is 0.100. The van der Waals surface area contributed by atoms with Gasteiger partial charge < -0.3 is 20.4 Å². The molecule has 1 aromatic carbocycles. The maximum absolute atomic E-state index is 13.1. The Kier molecular flexibility index (Phi) is 7.24. The summed E-state index contributed by atoms with van der Waals surface area (Å²) in [5.74, 6) is 0.142. The van der Waals surface area contributed by atoms with E-state index in [0.29, 0.717) is 23.8 Å². The first-order valence-electron chi connectivity index (χ1n) is 14.9. The van der Waals surface area contributed by atoms with Gasteiger partial charge in [0.05, 0.1) is 12.3 Å². The Bertz CT molecular complexity index is 1680. The number of H-pyrrole nitrogens is 1. The molecule has 3 atom stereocenters. The number of anilines is 1. The Morgan fingerprint density at radius 3 is 2.88 bits per heavy atom. The number of nitrogens with zero attached hydrogens (tertiary/aromatic N) is 4. The first-order valence-corrected chi connectivity index (χ1v) is 14.9. The van der Waals surface area contributed by atoms with E-state index in [9.17, 15) is 9.59 Å². The smallest absolute Gasteiger partial charge is 0.274 e. The summed E-state index contributed by atoms with van der Waals surface area (Å²) in [6, 6.07) is 13.8. The predicted molar refractivity (Wildman–Crippen MR) is 163 cm³/mol. The van der Waals surface area contributed by atoms with Crippen LogP contribution in [0.15, 0.2) is 67.6 Å². The Morgan fingerprint density at radius 1 is 1.16 bits per heavy atom. The molecule has 3 fully saturated rings. The lowest BCUT2D eigenvalue weighted by Crippen LogP contribution is -2.46. The van der Waals surface area contributed by atoms with E-state index in [1.54, 1.807) is 12.5 Å². The Hall–Kier alpha value is -4.41. The minimum atomic E-state index is -0.260. The van der Waals surface area contributed by atoms with Crippen LogP contribution in [-0.2, 0) is 21.5 Å². The number of hydrogen-bond donors (Lipinski definition) is 3. The molecule has 3 aliphatic rings. The maximum atomic E-state index is 13.1. The molecule has 2 aliphatic heterocycles. The SMILES string of the molecule is C=CC(=O)NC1CCCN(Cc2ccnc(C(=O)Nc3ccc(-c4cc5c(C67CCOCC6C7)ncnc5[nH]4)cc3)c2)C1. The summed E-state index contributed by atoms with van der Waals surface area (Å²) in [6.07, 6.45) is 8.72. The van der Waals surface area contributed by atoms with Gasteiger partial charge >= 0.3 is 0 Å². The number of nitrogens with one attached hydrogen (secondary N) is 3. The lowest BCUT2D eigenvalue weighted by Gasteiger charge is -2.33. The van der Waals surface area contributed by atoms with Gasteiger partial charge in [-0.2, -0.15) is 0 Å². The highest BCUT2D eigenvalue weighted by Gasteiger charge is 2.58. The van der Waals surface area contributed by atoms with Crippen LogP contribution in [0.2, 0.25) is 0 Å². The van der Waals surface area contributed by atoms with Gasteiger partial charge in [-0.15, -0.1) is 0 Å². The molecule has 3 N–H and O–H groups in total. The third-order valence-electron chi connectivity index (χ3n) is 9.10. The number of hydrogen-bond acceptors (Lipinski definition) is 7. The molecule has 5 heterocycles. The topological polar surface area (TPSA) is 125 Å². The van der Waals surface area contributed by atoms with Gasteiger partial charge in [0, 0.05) is 54.1 Å². The second-order valence-electron chi connectivity index (χ2n) is 11.9. The van der Waals surface area contributed by atoms with Gasteiger partial charge in [-0.1, -0.05) is 18.7 Å². The van der Waals surface area contributed by atoms with Crippen molar-refractivity contribution < 1.29 is 14.3 Å². The van der Waals surface area contributed by atoms with E-state index in [1.165, 1.54) is 6.08 Å². The van der Waals surface area contributed by atoms with E-state index in [2.05, 4.69) is 43.1 Å². The molecule has 4 aromatic rings. The van der Waals surface area contributed by atoms with Crippen LogP contribution in [0.1, 0.15) is 47.4 Å². The molecule has 2 amide bonds. The highest BCUT2D eigenvalue weighted by molar-refractivity contribution is 6.03. The van der Waals surface area contributed by atoms with E-state index in [0.717, 1.165) is 85.5 Å². The molecule has 0 spiro atoms. The predicted octanol–water partition coefficient (Wildman–Crippen LogP) is 4.22. The van der Waals surface area contributed by atoms with Crippen molar-refractivity contribution in [1.82, 2.24) is 30.2 Å². The van der Waals surface area contributed by atoms with Crippen molar-refractivity contribution in [3.63, 3.8) is 0 Å². The van der Waals surface area contributed by atoms with E-state index in [1.807, 2.05) is 36.4 Å². The second-order valence-corrected chi connectivity index (χ2v) is 11.9. The van der Waals surface area contributed by atoms with E-state index < -0.39 is 0 Å². The standard InChI is InChI=1S/C33H35N7O3/c1-2-29(41)37-25-4-3-12-40(18-25)17-21-9-11-34-28(14-21)32(42)38-24-7-5-22(6-8-24)27-15-26-30(35-20-36-31(26)39-27)33-10-13-43-19-23(33)16-33/h2,5-9,11,14-15,20,23,25H,1,3-4,10,12-13,16-19H2,(H,37,41)(H,38,42)(H,35,36,39). The van der Waals surface area contributed by atoms with Gasteiger partial charge in [-0.25, -0.2) is 9.97 Å². The van der Waals surface area contributed by atoms with Gasteiger partial charge in [-0.3, -0.25) is 19.5 Å². The first-order chi connectivity index (χ1) is 21.0. The summed E-state index contributed by atoms with van der Waals surface area (Å²) in [4.78, 5) is 44.1. The van der Waals surface area contributed by atoms with E-state index in [-0.39, 0.29) is 23.3 Å². The molecule has 7 rings (SSSR count). The van der Waals surface area contributed by atoms with Crippen LogP contribution in [0, 0.1) is 5.92 Å². The average Bonchev–Trinajstić information content (AvgIpc) is 3.63. The molecule has 1 aliphatic carbocycles. The van der Waals surface area contributed by atoms with Crippen molar-refractivity contribution in [3.05, 3.63) is 84.6 Å². The Labute approximate surface area is 250 Å². The quantitative estimate of drug-likeness (QED) is 0.268. The van der Waals surface area contributed by atoms with Crippen LogP contribution in [-0.4, -0.2) is 69.0 Å². The van der Waals surface area contributed by atoms with E-state index in [4.69, 9.17) is 9.72 Å². The number of likely N-dealkylation sites (tertiary alicyclic amines) is 1. The fourth-order valence-electron chi connectivity index (χ4n) is 6.75. The highest BCUT2D eigenvalue weighted by atomic mass is 16.5. The fraction of sp³-hybridized carbons (Fsp3) is 0.364. The number of benzene rings is 1. The Morgan fingerprint density at radius 2 is 2.05 bits per heavy atom. The summed E-state index contributed by atoms with van der Waals surface area (Å²) >= 11 is 0. The molecule has 0 radical (unpaired) electrons. The molecule has 0 bridgehead atoms. The van der Waals surface area contributed by atoms with Crippen molar-refractivity contribution in [2.75, 3.05) is 31.6 Å². The van der Waals surface area contributed by atoms with Gasteiger partial charge in [-0.05, 0) is 85.7 Å². The fourth-order valence-corrected chi connectivity index (χ4v) is 6.75. The molecule has 3 unspecified atom stereocenters. The van der Waals surface area contributed by atoms with Crippen LogP contribution in [0.5, 0.6) is 0 Å². The summed E-state index contributed by atoms with van der Waals surface area (Å²) in [7, 11) is 0. The number of carbonyl (C=O) groups is 2. The highest BCUT2D eigenvalue weighted by Crippen LogP contribution is 2.59. The lowest BCUT2D eigenvalue weighted by molar-refractivity contribution is -0.117. The molecule has 10 nitrogen and oxygen atoms in total. The van der Waals surface area contributed by atoms with Gasteiger partial charge in [0.1, 0.15) is 17.7 Å². The number of pyridine rings is 1. The van der Waals surface area contributed by atoms with Crippen LogP contribution in [0.25, 0.3) is 22.3 Å². The molecule has 220 valence electrons. The van der Waals surface area contributed by atoms with Crippen molar-refractivity contribution in [2.45, 2.75) is 43.7 Å². The van der Waals surface area contributed by atoms with Crippen molar-refractivity contribution >= 4 is 28.5 Å². The zero-order valence-electron chi connectivity index (χ0n) is 24.0.